The van der Waals surface area contributed by atoms with Crippen molar-refractivity contribution < 1.29 is 26.3 Å². The number of benzene rings is 6. The van der Waals surface area contributed by atoms with Crippen LogP contribution >= 0.6 is 0 Å². The van der Waals surface area contributed by atoms with Crippen LogP contribution < -0.4 is 0 Å². The predicted molar refractivity (Wildman–Crippen MR) is 243 cm³/mol. The van der Waals surface area contributed by atoms with Gasteiger partial charge in [0.1, 0.15) is 23.3 Å². The lowest BCUT2D eigenvalue weighted by Gasteiger charge is -2.18. The summed E-state index contributed by atoms with van der Waals surface area (Å²) in [4.78, 5) is 42.0. The van der Waals surface area contributed by atoms with Crippen molar-refractivity contribution in [1.29, 1.82) is 0 Å². The molecule has 0 unspecified atom stereocenters. The van der Waals surface area contributed by atoms with Gasteiger partial charge >= 0.3 is 12.4 Å². The van der Waals surface area contributed by atoms with Gasteiger partial charge in [0.2, 0.25) is 0 Å². The first kappa shape index (κ1) is 42.7. The van der Waals surface area contributed by atoms with Gasteiger partial charge in [-0.3, -0.25) is 0 Å². The van der Waals surface area contributed by atoms with Crippen LogP contribution in [0.5, 0.6) is 0 Å². The maximum atomic E-state index is 14.3. The molecule has 10 rings (SSSR count). The zero-order valence-corrected chi connectivity index (χ0v) is 35.9. The number of hydrogen-bond donors (Lipinski definition) is 0. The average molecular weight is 901 g/mol. The molecule has 4 heterocycles. The second kappa shape index (κ2) is 16.3. The van der Waals surface area contributed by atoms with E-state index in [1.807, 2.05) is 102 Å². The highest BCUT2D eigenvalue weighted by atomic mass is 19.4. The summed E-state index contributed by atoms with van der Waals surface area (Å²) < 4.78 is 87.8. The topological polar surface area (TPSA) is 121 Å². The molecule has 0 spiro atoms. The lowest BCUT2D eigenvalue weighted by molar-refractivity contribution is -0.143. The number of hydrogen-bond acceptors (Lipinski definition) is 9. The minimum absolute atomic E-state index is 0.0754. The van der Waals surface area contributed by atoms with E-state index in [1.165, 1.54) is 6.07 Å². The van der Waals surface area contributed by atoms with E-state index >= 15 is 0 Å². The Hall–Kier alpha value is -8.27. The molecular weight excluding hydrogens is 867 g/mol. The minimum atomic E-state index is -5.07. The Kier molecular flexibility index (Phi) is 10.4. The average Bonchev–Trinajstić information content (AvgIpc) is 3.63. The first-order valence-electron chi connectivity index (χ1n) is 20.8. The van der Waals surface area contributed by atoms with Crippen molar-refractivity contribution in [1.82, 2.24) is 49.4 Å². The summed E-state index contributed by atoms with van der Waals surface area (Å²) in [7, 11) is 0. The highest BCUT2D eigenvalue weighted by Gasteiger charge is 2.37. The van der Waals surface area contributed by atoms with Crippen LogP contribution in [0.3, 0.4) is 0 Å². The minimum Gasteiger partial charge on any atom is -0.308 e. The Morgan fingerprint density at radius 2 is 0.746 bits per heavy atom. The first-order chi connectivity index (χ1) is 32.1. The maximum absolute atomic E-state index is 14.3. The summed E-state index contributed by atoms with van der Waals surface area (Å²) in [5.41, 5.74) is 1.63. The smallest absolute Gasteiger partial charge is 0.308 e. The molecule has 0 bridgehead atoms. The summed E-state index contributed by atoms with van der Waals surface area (Å²) in [6, 6.07) is 36.1. The van der Waals surface area contributed by atoms with Gasteiger partial charge in [-0.25, -0.2) is 44.9 Å². The van der Waals surface area contributed by atoms with Crippen LogP contribution in [0.2, 0.25) is 0 Å². The SMILES string of the molecule is Cc1nc(C)nc(-c2ccc3c(c2)c2cc(-c4nc(C)nc(C)n4)ccc2n3-c2cc(-c3cc(C(F)(F)F)cc(C(F)(F)F)c3)ccc2-c2nc(-c3ccccc3)nc(-c3ccccc3)n2)n1. The number of fused-ring (bicyclic) bond motifs is 3. The Bertz CT molecular complexity index is 3320. The molecule has 0 aliphatic rings. The largest absolute Gasteiger partial charge is 0.416 e. The predicted octanol–water partition coefficient (Wildman–Crippen LogP) is 12.6. The molecule has 10 nitrogen and oxygen atoms in total. The Morgan fingerprint density at radius 1 is 0.343 bits per heavy atom. The highest BCUT2D eigenvalue weighted by Crippen LogP contribution is 2.43. The number of halogens is 6. The van der Waals surface area contributed by atoms with E-state index in [0.29, 0.717) is 102 Å². The zero-order chi connectivity index (χ0) is 46.8. The van der Waals surface area contributed by atoms with Crippen LogP contribution in [-0.4, -0.2) is 49.4 Å². The highest BCUT2D eigenvalue weighted by molar-refractivity contribution is 6.12. The van der Waals surface area contributed by atoms with Gasteiger partial charge in [0.05, 0.1) is 27.8 Å². The molecule has 16 heteroatoms. The van der Waals surface area contributed by atoms with Gasteiger partial charge in [-0.2, -0.15) is 26.3 Å². The lowest BCUT2D eigenvalue weighted by atomic mass is 9.97. The van der Waals surface area contributed by atoms with E-state index in [4.69, 9.17) is 15.0 Å². The van der Waals surface area contributed by atoms with E-state index < -0.39 is 23.5 Å². The van der Waals surface area contributed by atoms with E-state index in [1.54, 1.807) is 39.8 Å². The fraction of sp³-hybridized carbons (Fsp3) is 0.118. The quantitative estimate of drug-likeness (QED) is 0.144. The second-order valence-electron chi connectivity index (χ2n) is 15.9. The van der Waals surface area contributed by atoms with Crippen molar-refractivity contribution in [2.75, 3.05) is 0 Å². The van der Waals surface area contributed by atoms with Gasteiger partial charge in [0, 0.05) is 38.6 Å². The number of rotatable bonds is 7. The Morgan fingerprint density at radius 3 is 1.18 bits per heavy atom. The maximum Gasteiger partial charge on any atom is 0.416 e. The lowest BCUT2D eigenvalue weighted by Crippen LogP contribution is -2.11. The molecule has 0 atom stereocenters. The van der Waals surface area contributed by atoms with Gasteiger partial charge < -0.3 is 4.57 Å². The molecule has 0 saturated heterocycles. The van der Waals surface area contributed by atoms with Gasteiger partial charge in [0.25, 0.3) is 0 Å². The van der Waals surface area contributed by atoms with Crippen LogP contribution in [0.15, 0.2) is 133 Å². The van der Waals surface area contributed by atoms with Crippen molar-refractivity contribution >= 4 is 21.8 Å². The van der Waals surface area contributed by atoms with Gasteiger partial charge in [-0.15, -0.1) is 0 Å². The van der Waals surface area contributed by atoms with E-state index in [2.05, 4.69) is 29.9 Å². The molecule has 10 aromatic rings. The Labute approximate surface area is 378 Å². The fourth-order valence-electron chi connectivity index (χ4n) is 8.19. The summed E-state index contributed by atoms with van der Waals surface area (Å²) in [6.45, 7) is 7.10. The Balaban J connectivity index is 1.31. The standard InChI is InChI=1S/C51H34F6N10/c1-27-58-28(2)61-47(60-27)34-16-19-42-40(23-34)41-24-35(48-62-29(3)59-30(4)63-48)17-20-43(41)67(42)44-25-33(36-21-37(50(52,53)54)26-38(22-36)51(55,56)57)15-18-39(44)49-65-45(31-11-7-5-8-12-31)64-46(66-49)32-13-9-6-10-14-32/h5-26H,1-4H3. The number of nitrogens with zero attached hydrogens (tertiary/aromatic N) is 10. The molecule has 0 saturated carbocycles. The van der Waals surface area contributed by atoms with Gasteiger partial charge in [-0.1, -0.05) is 66.7 Å². The van der Waals surface area contributed by atoms with Crippen LogP contribution in [0.25, 0.3) is 95.6 Å². The van der Waals surface area contributed by atoms with Crippen molar-refractivity contribution in [3.63, 3.8) is 0 Å². The fourth-order valence-corrected chi connectivity index (χ4v) is 8.19. The summed E-state index contributed by atoms with van der Waals surface area (Å²) in [5.74, 6) is 3.87. The molecule has 4 aromatic heterocycles. The number of aryl methyl sites for hydroxylation is 4. The van der Waals surface area contributed by atoms with Crippen molar-refractivity contribution in [2.24, 2.45) is 0 Å². The monoisotopic (exact) mass is 900 g/mol. The zero-order valence-electron chi connectivity index (χ0n) is 35.9. The molecule has 0 fully saturated rings. The summed E-state index contributed by atoms with van der Waals surface area (Å²) >= 11 is 0. The van der Waals surface area contributed by atoms with Gasteiger partial charge in [0.15, 0.2) is 29.1 Å². The molecule has 0 radical (unpaired) electrons. The summed E-state index contributed by atoms with van der Waals surface area (Å²) in [5, 5.41) is 1.43. The first-order valence-corrected chi connectivity index (χ1v) is 20.8. The molecule has 0 aliphatic heterocycles. The molecule has 0 aliphatic carbocycles. The van der Waals surface area contributed by atoms with Crippen LogP contribution in [0, 0.1) is 27.7 Å². The summed E-state index contributed by atoms with van der Waals surface area (Å²) in [6.07, 6.45) is -10.1. The third-order valence-corrected chi connectivity index (χ3v) is 11.1. The molecule has 330 valence electrons. The molecule has 0 N–H and O–H groups in total. The van der Waals surface area contributed by atoms with Crippen molar-refractivity contribution in [2.45, 2.75) is 40.0 Å². The number of aromatic nitrogens is 10. The molecule has 0 amide bonds. The van der Waals surface area contributed by atoms with E-state index in [-0.39, 0.29) is 23.0 Å². The normalized spacial score (nSPS) is 12.0. The van der Waals surface area contributed by atoms with Crippen LogP contribution in [-0.2, 0) is 12.4 Å². The third kappa shape index (κ3) is 8.33. The molecule has 67 heavy (non-hydrogen) atoms. The number of alkyl halides is 6. The molecule has 6 aromatic carbocycles. The second-order valence-corrected chi connectivity index (χ2v) is 15.9. The van der Waals surface area contributed by atoms with Crippen molar-refractivity contribution in [3.8, 4) is 73.8 Å². The third-order valence-electron chi connectivity index (χ3n) is 11.1. The van der Waals surface area contributed by atoms with Gasteiger partial charge in [-0.05, 0) is 106 Å². The van der Waals surface area contributed by atoms with E-state index in [9.17, 15) is 26.3 Å². The molecular formula is C51H34F6N10. The van der Waals surface area contributed by atoms with Crippen molar-refractivity contribution in [3.05, 3.63) is 168 Å². The van der Waals surface area contributed by atoms with Crippen LogP contribution in [0.4, 0.5) is 26.3 Å². The van der Waals surface area contributed by atoms with E-state index in [0.717, 1.165) is 12.1 Å². The van der Waals surface area contributed by atoms with Crippen LogP contribution in [0.1, 0.15) is 34.4 Å².